The summed E-state index contributed by atoms with van der Waals surface area (Å²) in [4.78, 5) is 86.2. The van der Waals surface area contributed by atoms with Crippen molar-refractivity contribution in [1.29, 1.82) is 0 Å². The zero-order valence-electron chi connectivity index (χ0n) is 37.3. The number of carboxylic acid groups (broad SMARTS) is 1. The second-order valence-electron chi connectivity index (χ2n) is 15.1. The molecule has 0 fully saturated rings. The number of benzene rings is 3. The molecule has 4 rings (SSSR count). The van der Waals surface area contributed by atoms with Crippen LogP contribution in [0.15, 0.2) is 72.8 Å². The van der Waals surface area contributed by atoms with Crippen molar-refractivity contribution >= 4 is 47.4 Å². The molecule has 364 valence electrons. The van der Waals surface area contributed by atoms with Gasteiger partial charge in [-0.05, 0) is 59.2 Å². The molecule has 0 aromatic heterocycles. The number of nitrogens with two attached hydrogens (primary N) is 1. The average molecular weight is 936 g/mol. The number of aliphatic carboxylic acids is 1. The van der Waals surface area contributed by atoms with Crippen LogP contribution in [0.3, 0.4) is 0 Å². The van der Waals surface area contributed by atoms with Crippen LogP contribution in [0.25, 0.3) is 11.1 Å². The summed E-state index contributed by atoms with van der Waals surface area (Å²) in [7, 11) is 0. The Morgan fingerprint density at radius 3 is 1.78 bits per heavy atom. The monoisotopic (exact) mass is 935 g/mol. The molecular weight excluding hydrogens is 875 g/mol. The van der Waals surface area contributed by atoms with Gasteiger partial charge in [0.1, 0.15) is 18.7 Å². The average Bonchev–Trinajstić information content (AvgIpc) is 3.64. The molecule has 0 spiro atoms. The van der Waals surface area contributed by atoms with Crippen LogP contribution < -0.4 is 37.6 Å². The third-order valence-corrected chi connectivity index (χ3v) is 10.2. The van der Waals surface area contributed by atoms with Crippen LogP contribution in [-0.4, -0.2) is 143 Å². The lowest BCUT2D eigenvalue weighted by molar-refractivity contribution is -0.138. The first-order valence-electron chi connectivity index (χ1n) is 22.0. The number of carboxylic acids is 1. The topological polar surface area (TPSA) is 304 Å². The van der Waals surface area contributed by atoms with Crippen molar-refractivity contribution < 1.29 is 67.5 Å². The summed E-state index contributed by atoms with van der Waals surface area (Å²) in [6.07, 6.45) is -1.01. The molecule has 1 aliphatic carbocycles. The Morgan fingerprint density at radius 1 is 0.612 bits per heavy atom. The molecule has 10 N–H and O–H groups in total. The van der Waals surface area contributed by atoms with Crippen LogP contribution in [0.1, 0.15) is 54.7 Å². The second-order valence-corrected chi connectivity index (χ2v) is 15.1. The van der Waals surface area contributed by atoms with Crippen molar-refractivity contribution in [1.82, 2.24) is 26.6 Å². The van der Waals surface area contributed by atoms with Gasteiger partial charge < -0.3 is 71.5 Å². The predicted molar refractivity (Wildman–Crippen MR) is 243 cm³/mol. The summed E-state index contributed by atoms with van der Waals surface area (Å²) < 4.78 is 27.4. The molecule has 0 aliphatic heterocycles. The van der Waals surface area contributed by atoms with Crippen LogP contribution in [0.4, 0.5) is 15.3 Å². The van der Waals surface area contributed by atoms with E-state index in [2.05, 4.69) is 56.2 Å². The summed E-state index contributed by atoms with van der Waals surface area (Å²) >= 11 is 0. The number of aliphatic hydroxyl groups is 1. The fourth-order valence-corrected chi connectivity index (χ4v) is 6.85. The van der Waals surface area contributed by atoms with Gasteiger partial charge in [0, 0.05) is 37.5 Å². The summed E-state index contributed by atoms with van der Waals surface area (Å²) in [5.41, 5.74) is 10.7. The lowest BCUT2D eigenvalue weighted by Crippen LogP contribution is -2.51. The van der Waals surface area contributed by atoms with Gasteiger partial charge in [-0.1, -0.05) is 60.7 Å². The minimum Gasteiger partial charge on any atom is -0.481 e. The van der Waals surface area contributed by atoms with Crippen molar-refractivity contribution in [2.75, 3.05) is 84.4 Å². The first kappa shape index (κ1) is 53.0. The number of hydrogen-bond acceptors (Lipinski definition) is 13. The van der Waals surface area contributed by atoms with E-state index in [9.17, 15) is 43.8 Å². The van der Waals surface area contributed by atoms with E-state index in [4.69, 9.17) is 29.4 Å². The normalized spacial score (nSPS) is 12.4. The number of urea groups is 1. The Kier molecular flexibility index (Phi) is 23.6. The quantitative estimate of drug-likeness (QED) is 0.0401. The number of anilines is 1. The van der Waals surface area contributed by atoms with Gasteiger partial charge in [-0.25, -0.2) is 9.59 Å². The molecule has 0 radical (unpaired) electrons. The van der Waals surface area contributed by atoms with Gasteiger partial charge in [0.2, 0.25) is 23.6 Å². The Labute approximate surface area is 388 Å². The first-order chi connectivity index (χ1) is 32.4. The highest BCUT2D eigenvalue weighted by atomic mass is 16.6. The smallest absolute Gasteiger partial charge is 0.407 e. The van der Waals surface area contributed by atoms with E-state index < -0.39 is 66.8 Å². The van der Waals surface area contributed by atoms with E-state index in [-0.39, 0.29) is 90.9 Å². The molecule has 1 aliphatic rings. The van der Waals surface area contributed by atoms with Crippen LogP contribution in [-0.2, 0) is 54.3 Å². The lowest BCUT2D eigenvalue weighted by Gasteiger charge is -2.20. The molecule has 0 saturated heterocycles. The van der Waals surface area contributed by atoms with Crippen LogP contribution in [0, 0.1) is 0 Å². The zero-order chi connectivity index (χ0) is 48.2. The molecular formula is C46H61N7O14. The predicted octanol–water partition coefficient (Wildman–Crippen LogP) is 1.51. The van der Waals surface area contributed by atoms with E-state index in [1.54, 1.807) is 24.3 Å². The number of amides is 7. The number of ether oxygens (including phenoxy) is 5. The van der Waals surface area contributed by atoms with E-state index in [1.165, 1.54) is 0 Å². The molecule has 67 heavy (non-hydrogen) atoms. The first-order valence-corrected chi connectivity index (χ1v) is 22.0. The standard InChI is InChI=1S/C46H61N7O14/c47-45(61)48-18-5-10-38(44(60)51-32-13-11-31(29-54)12-14-32)53-41(56)28-50-43(59)39(15-16-42(57)58)52-40(55)17-20-63-22-24-65-26-27-66-25-23-64-21-19-49-46(62)67-30-37-35-8-3-1-6-33(35)34-7-2-4-9-36(34)37/h1-4,6-9,11-14,37-39,54H,5,10,15-30H2,(H,49,62)(H,50,59)(H,51,60)(H,52,55)(H,53,56)(H,57,58)(H3,47,48,61)/t38-,39-/m0/s1. The summed E-state index contributed by atoms with van der Waals surface area (Å²) in [6, 6.07) is 19.5. The zero-order valence-corrected chi connectivity index (χ0v) is 37.3. The number of fused-ring (bicyclic) bond motifs is 3. The molecule has 0 saturated carbocycles. The van der Waals surface area contributed by atoms with Crippen molar-refractivity contribution in [2.24, 2.45) is 5.73 Å². The van der Waals surface area contributed by atoms with Gasteiger partial charge in [0.05, 0.1) is 66.0 Å². The highest BCUT2D eigenvalue weighted by Gasteiger charge is 2.29. The highest BCUT2D eigenvalue weighted by Crippen LogP contribution is 2.44. The van der Waals surface area contributed by atoms with Gasteiger partial charge in [-0.15, -0.1) is 0 Å². The van der Waals surface area contributed by atoms with E-state index >= 15 is 0 Å². The van der Waals surface area contributed by atoms with E-state index in [1.807, 2.05) is 24.3 Å². The van der Waals surface area contributed by atoms with Gasteiger partial charge in [-0.2, -0.15) is 0 Å². The molecule has 0 bridgehead atoms. The Hall–Kier alpha value is -6.65. The minimum absolute atomic E-state index is 0.0150. The molecule has 0 unspecified atom stereocenters. The number of aliphatic hydroxyl groups excluding tert-OH is 1. The summed E-state index contributed by atoms with van der Waals surface area (Å²) in [5.74, 6) is -3.95. The highest BCUT2D eigenvalue weighted by molar-refractivity contribution is 5.98. The van der Waals surface area contributed by atoms with Gasteiger partial charge in [-0.3, -0.25) is 24.0 Å². The molecule has 3 aromatic carbocycles. The summed E-state index contributed by atoms with van der Waals surface area (Å²) in [6.45, 7) is 1.74. The second kappa shape index (κ2) is 29.8. The van der Waals surface area contributed by atoms with E-state index in [0.29, 0.717) is 31.1 Å². The number of rotatable bonds is 32. The number of carbonyl (C=O) groups is 7. The molecule has 21 nitrogen and oxygen atoms in total. The summed E-state index contributed by atoms with van der Waals surface area (Å²) in [5, 5.41) is 33.6. The van der Waals surface area contributed by atoms with Crippen molar-refractivity contribution in [3.05, 3.63) is 89.5 Å². The Balaban J connectivity index is 1.02. The fraction of sp³-hybridized carbons (Fsp3) is 0.457. The van der Waals surface area contributed by atoms with Crippen molar-refractivity contribution in [2.45, 2.75) is 56.7 Å². The number of hydrogen-bond donors (Lipinski definition) is 9. The maximum Gasteiger partial charge on any atom is 0.407 e. The maximum absolute atomic E-state index is 13.1. The van der Waals surface area contributed by atoms with Gasteiger partial charge in [0.15, 0.2) is 0 Å². The van der Waals surface area contributed by atoms with Crippen LogP contribution in [0.5, 0.6) is 0 Å². The number of alkyl carbamates (subject to hydrolysis) is 1. The Bertz CT molecular complexity index is 2030. The van der Waals surface area contributed by atoms with Crippen molar-refractivity contribution in [3.63, 3.8) is 0 Å². The molecule has 7 amide bonds. The van der Waals surface area contributed by atoms with E-state index in [0.717, 1.165) is 22.3 Å². The van der Waals surface area contributed by atoms with Crippen LogP contribution >= 0.6 is 0 Å². The number of nitrogens with one attached hydrogen (secondary N) is 6. The Morgan fingerprint density at radius 2 is 1.18 bits per heavy atom. The SMILES string of the molecule is NC(=O)NCCC[C@H](NC(=O)CNC(=O)[C@H](CCC(=O)O)NC(=O)CCOCCOCCOCCOCCNC(=O)OCC1c2ccccc2-c2ccccc21)C(=O)Nc1ccc(CO)cc1. The molecule has 2 atom stereocenters. The largest absolute Gasteiger partial charge is 0.481 e. The number of carbonyl (C=O) groups excluding carboxylic acids is 6. The third-order valence-electron chi connectivity index (χ3n) is 10.2. The van der Waals surface area contributed by atoms with Gasteiger partial charge in [0.25, 0.3) is 0 Å². The molecule has 21 heteroatoms. The maximum atomic E-state index is 13.1. The molecule has 3 aromatic rings. The van der Waals surface area contributed by atoms with Crippen LogP contribution in [0.2, 0.25) is 0 Å². The third kappa shape index (κ3) is 19.8. The lowest BCUT2D eigenvalue weighted by atomic mass is 9.98. The number of primary amides is 1. The van der Waals surface area contributed by atoms with Gasteiger partial charge >= 0.3 is 18.1 Å². The fourth-order valence-electron chi connectivity index (χ4n) is 6.85. The van der Waals surface area contributed by atoms with Crippen molar-refractivity contribution in [3.8, 4) is 11.1 Å². The molecule has 0 heterocycles. The minimum atomic E-state index is -1.28.